The van der Waals surface area contributed by atoms with Crippen molar-refractivity contribution in [3.8, 4) is 17.2 Å². The van der Waals surface area contributed by atoms with Crippen molar-refractivity contribution in [3.63, 3.8) is 0 Å². The number of amides is 6. The highest BCUT2D eigenvalue weighted by Gasteiger charge is 2.45. The highest BCUT2D eigenvalue weighted by atomic mass is 19.4. The van der Waals surface area contributed by atoms with Gasteiger partial charge in [-0.25, -0.2) is 0 Å². The average Bonchev–Trinajstić information content (AvgIpc) is 0.762. The second-order valence-corrected chi connectivity index (χ2v) is 25.2. The summed E-state index contributed by atoms with van der Waals surface area (Å²) >= 11 is 0. The molecular formula is C70H63F9N6O9. The Morgan fingerprint density at radius 1 is 0.479 bits per heavy atom. The quantitative estimate of drug-likeness (QED) is 0.0693. The maximum atomic E-state index is 13.2. The summed E-state index contributed by atoms with van der Waals surface area (Å²) in [7, 11) is 0. The van der Waals surface area contributed by atoms with Crippen molar-refractivity contribution in [2.75, 3.05) is 26.6 Å². The van der Waals surface area contributed by atoms with E-state index in [2.05, 4.69) is 31.9 Å². The first kappa shape index (κ1) is 65.6. The van der Waals surface area contributed by atoms with E-state index in [0.717, 1.165) is 77.9 Å². The second-order valence-electron chi connectivity index (χ2n) is 25.2. The van der Waals surface area contributed by atoms with E-state index in [1.54, 1.807) is 76.2 Å². The fourth-order valence-electron chi connectivity index (χ4n) is 12.4. The molecule has 490 valence electrons. The lowest BCUT2D eigenvalue weighted by Crippen LogP contribution is -2.45. The number of alkyl halides is 9. The number of ether oxygens (including phenoxy) is 3. The predicted molar refractivity (Wildman–Crippen MR) is 333 cm³/mol. The number of rotatable bonds is 6. The van der Waals surface area contributed by atoms with Crippen molar-refractivity contribution in [1.29, 1.82) is 0 Å². The molecule has 0 unspecified atom stereocenters. The molecule has 7 aliphatic rings. The van der Waals surface area contributed by atoms with E-state index >= 15 is 0 Å². The molecule has 1 saturated carbocycles. The van der Waals surface area contributed by atoms with Crippen LogP contribution in [0.15, 0.2) is 127 Å². The largest absolute Gasteiger partial charge is 0.487 e. The molecule has 13 rings (SSSR count). The molecule has 6 amide bonds. The average molecular weight is 1300 g/mol. The van der Waals surface area contributed by atoms with E-state index in [-0.39, 0.29) is 47.3 Å². The van der Waals surface area contributed by atoms with Gasteiger partial charge in [0, 0.05) is 102 Å². The summed E-state index contributed by atoms with van der Waals surface area (Å²) in [5.74, 6) is -1.00. The van der Waals surface area contributed by atoms with Crippen molar-refractivity contribution >= 4 is 80.6 Å². The molecule has 6 aliphatic heterocycles. The lowest BCUT2D eigenvalue weighted by atomic mass is 9.72. The van der Waals surface area contributed by atoms with Crippen molar-refractivity contribution in [3.05, 3.63) is 183 Å². The molecular weight excluding hydrogens is 1240 g/mol. The van der Waals surface area contributed by atoms with Crippen LogP contribution in [0.2, 0.25) is 0 Å². The van der Waals surface area contributed by atoms with Crippen LogP contribution in [-0.4, -0.2) is 52.2 Å². The number of anilines is 5. The molecule has 6 aromatic carbocycles. The Kier molecular flexibility index (Phi) is 17.6. The van der Waals surface area contributed by atoms with Crippen molar-refractivity contribution < 1.29 is 82.5 Å². The molecule has 6 N–H and O–H groups in total. The van der Waals surface area contributed by atoms with Gasteiger partial charge >= 0.3 is 18.5 Å². The van der Waals surface area contributed by atoms with Gasteiger partial charge in [-0.15, -0.1) is 0 Å². The standard InChI is InChI=1S/C24H21F3N2O3.2C23H21F3N2O3/c25-24(26,27)15-5-6-16-14(13-23(9-2-10-23)32-20(16)12-15)11-22(31)29-19-4-1-3-18-17(19)7-8-21(30)28-18;1-22(2)11-15(18-6-4-16(23(24,25)26)10-19(18)31-22)9-21(30)28-17-5-3-13-12-27-20(29)8-14(13)7-17;1-22(2)12-13(15-7-6-14(23(24,25)26)11-19(15)31-22)10-21(30)28-18-5-3-4-17-16(18)8-9-20(29)27-17/h1,3-6,11-12H,2,7-10,13H2,(H,28,30)(H,29,31);3-7,9-10H,8,11-12H2,1-2H3,(H,27,29)(H,28,30);3-7,10-11H,8-9,12H2,1-2H3,(H,27,29)(H,28,30)/b14-11+;15-9+;13-10+. The number of benzene rings is 6. The lowest BCUT2D eigenvalue weighted by Gasteiger charge is -2.46. The second kappa shape index (κ2) is 25.2. The zero-order valence-corrected chi connectivity index (χ0v) is 51.2. The molecule has 6 aromatic rings. The van der Waals surface area contributed by atoms with Crippen molar-refractivity contribution in [2.45, 2.75) is 140 Å². The summed E-state index contributed by atoms with van der Waals surface area (Å²) in [6.07, 6.45) is -3.60. The summed E-state index contributed by atoms with van der Waals surface area (Å²) in [5, 5.41) is 16.8. The van der Waals surface area contributed by atoms with E-state index in [1.165, 1.54) is 36.4 Å². The summed E-state index contributed by atoms with van der Waals surface area (Å²) in [6.45, 7) is 7.50. The third-order valence-electron chi connectivity index (χ3n) is 16.9. The van der Waals surface area contributed by atoms with Crippen LogP contribution in [0.3, 0.4) is 0 Å². The summed E-state index contributed by atoms with van der Waals surface area (Å²) in [5.41, 5.74) is 5.50. The Balaban J connectivity index is 0.000000144. The molecule has 6 heterocycles. The minimum Gasteiger partial charge on any atom is -0.487 e. The van der Waals surface area contributed by atoms with Crippen LogP contribution in [-0.2, 0) is 73.1 Å². The Labute approximate surface area is 533 Å². The Morgan fingerprint density at radius 3 is 1.33 bits per heavy atom. The van der Waals surface area contributed by atoms with Crippen LogP contribution in [0.25, 0.3) is 16.7 Å². The minimum absolute atomic E-state index is 0.0640. The number of hydrogen-bond acceptors (Lipinski definition) is 9. The number of carbonyl (C=O) groups excluding carboxylic acids is 6. The molecule has 1 aliphatic carbocycles. The normalized spacial score (nSPS) is 19.0. The Morgan fingerprint density at radius 2 is 0.904 bits per heavy atom. The van der Waals surface area contributed by atoms with Crippen LogP contribution in [0.1, 0.15) is 135 Å². The molecule has 24 heteroatoms. The van der Waals surface area contributed by atoms with Gasteiger partial charge in [-0.2, -0.15) is 39.5 Å². The number of carbonyl (C=O) groups is 6. The Hall–Kier alpha value is -9.87. The third-order valence-corrected chi connectivity index (χ3v) is 16.9. The number of fused-ring (bicyclic) bond motifs is 6. The van der Waals surface area contributed by atoms with Crippen LogP contribution < -0.4 is 46.1 Å². The molecule has 15 nitrogen and oxygen atoms in total. The van der Waals surface area contributed by atoms with E-state index < -0.39 is 63.8 Å². The van der Waals surface area contributed by atoms with Gasteiger partial charge < -0.3 is 46.1 Å². The molecule has 0 atom stereocenters. The molecule has 0 radical (unpaired) electrons. The number of nitrogens with one attached hydrogen (secondary N) is 6. The van der Waals surface area contributed by atoms with Gasteiger partial charge in [0.05, 0.1) is 23.1 Å². The van der Waals surface area contributed by atoms with Gasteiger partial charge in [0.15, 0.2) is 0 Å². The summed E-state index contributed by atoms with van der Waals surface area (Å²) in [4.78, 5) is 73.2. The van der Waals surface area contributed by atoms with Crippen LogP contribution >= 0.6 is 0 Å². The third kappa shape index (κ3) is 15.1. The summed E-state index contributed by atoms with van der Waals surface area (Å²) < 4.78 is 136. The van der Waals surface area contributed by atoms with Crippen LogP contribution in [0, 0.1) is 0 Å². The molecule has 0 aromatic heterocycles. The maximum absolute atomic E-state index is 13.2. The van der Waals surface area contributed by atoms with E-state index in [9.17, 15) is 68.3 Å². The zero-order valence-electron chi connectivity index (χ0n) is 51.2. The van der Waals surface area contributed by atoms with Gasteiger partial charge in [0.1, 0.15) is 34.1 Å². The molecule has 0 bridgehead atoms. The van der Waals surface area contributed by atoms with Gasteiger partial charge in [-0.1, -0.05) is 36.4 Å². The van der Waals surface area contributed by atoms with Gasteiger partial charge in [-0.05, 0) is 172 Å². The fraction of sp³-hybridized carbons (Fsp3) is 0.314. The summed E-state index contributed by atoms with van der Waals surface area (Å²) in [6, 6.07) is 25.9. The lowest BCUT2D eigenvalue weighted by molar-refractivity contribution is -0.138. The van der Waals surface area contributed by atoms with E-state index in [0.29, 0.717) is 113 Å². The first-order valence-corrected chi connectivity index (χ1v) is 30.2. The highest BCUT2D eigenvalue weighted by Crippen LogP contribution is 2.51. The predicted octanol–water partition coefficient (Wildman–Crippen LogP) is 15.0. The molecule has 0 saturated heterocycles. The van der Waals surface area contributed by atoms with E-state index in [4.69, 9.17) is 14.2 Å². The van der Waals surface area contributed by atoms with Crippen LogP contribution in [0.4, 0.5) is 68.0 Å². The topological polar surface area (TPSA) is 202 Å². The van der Waals surface area contributed by atoms with Crippen molar-refractivity contribution in [2.24, 2.45) is 0 Å². The maximum Gasteiger partial charge on any atom is 0.416 e. The van der Waals surface area contributed by atoms with Gasteiger partial charge in [-0.3, -0.25) is 28.8 Å². The number of hydrogen-bond donors (Lipinski definition) is 6. The number of halogens is 9. The fourth-order valence-corrected chi connectivity index (χ4v) is 12.4. The smallest absolute Gasteiger partial charge is 0.416 e. The monoisotopic (exact) mass is 1300 g/mol. The molecule has 1 spiro atoms. The zero-order chi connectivity index (χ0) is 67.3. The minimum atomic E-state index is -4.48. The first-order chi connectivity index (χ1) is 44.2. The highest BCUT2D eigenvalue weighted by molar-refractivity contribution is 6.08. The Bertz CT molecular complexity index is 4190. The van der Waals surface area contributed by atoms with Gasteiger partial charge in [0.25, 0.3) is 0 Å². The van der Waals surface area contributed by atoms with E-state index in [1.807, 2.05) is 6.07 Å². The van der Waals surface area contributed by atoms with Crippen molar-refractivity contribution in [1.82, 2.24) is 5.32 Å². The molecule has 1 fully saturated rings. The van der Waals surface area contributed by atoms with Crippen LogP contribution in [0.5, 0.6) is 17.2 Å². The first-order valence-electron chi connectivity index (χ1n) is 30.2. The SMILES string of the molecule is CC1(C)C/C(=C\C(=O)Nc2ccc3c(c2)CC(=O)NC3)c2ccc(C(F)(F)F)cc2O1.CC1(C)C/C(=C\C(=O)Nc2cccc3c2CCC(=O)N3)c2ccc(C(F)(F)F)cc2O1.O=C(/C=C1\CC2(CCC2)Oc2cc(C(F)(F)F)ccc21)Nc1cccc2c1CCC(=O)N2. The van der Waals surface area contributed by atoms with Gasteiger partial charge in [0.2, 0.25) is 35.4 Å². The molecule has 94 heavy (non-hydrogen) atoms.